The maximum atomic E-state index is 12.1. The summed E-state index contributed by atoms with van der Waals surface area (Å²) in [7, 11) is 1.78. The van der Waals surface area contributed by atoms with E-state index in [-0.39, 0.29) is 17.9 Å². The van der Waals surface area contributed by atoms with Crippen LogP contribution >= 0.6 is 0 Å². The van der Waals surface area contributed by atoms with Gasteiger partial charge in [-0.05, 0) is 45.2 Å². The highest BCUT2D eigenvalue weighted by molar-refractivity contribution is 6.00. The van der Waals surface area contributed by atoms with E-state index >= 15 is 0 Å². The van der Waals surface area contributed by atoms with Crippen LogP contribution < -0.4 is 10.2 Å². The van der Waals surface area contributed by atoms with Crippen LogP contribution in [-0.4, -0.2) is 62.7 Å². The van der Waals surface area contributed by atoms with Crippen molar-refractivity contribution in [3.63, 3.8) is 0 Å². The van der Waals surface area contributed by atoms with Crippen molar-refractivity contribution < 1.29 is 14.3 Å². The molecule has 6 nitrogen and oxygen atoms in total. The van der Waals surface area contributed by atoms with Crippen molar-refractivity contribution in [2.75, 3.05) is 44.7 Å². The third-order valence-electron chi connectivity index (χ3n) is 4.15. The Morgan fingerprint density at radius 3 is 2.30 bits per heavy atom. The van der Waals surface area contributed by atoms with Gasteiger partial charge in [-0.25, -0.2) is 4.79 Å². The zero-order chi connectivity index (χ0) is 16.8. The van der Waals surface area contributed by atoms with E-state index in [1.54, 1.807) is 11.9 Å². The van der Waals surface area contributed by atoms with E-state index in [0.717, 1.165) is 18.8 Å². The number of nitrogens with zero attached hydrogens (tertiary/aromatic N) is 2. The van der Waals surface area contributed by atoms with Gasteiger partial charge in [0.1, 0.15) is 0 Å². The van der Waals surface area contributed by atoms with Gasteiger partial charge in [0.2, 0.25) is 0 Å². The Bertz CT molecular complexity index is 537. The first-order valence-corrected chi connectivity index (χ1v) is 8.05. The molecule has 1 heterocycles. The number of hydrogen-bond donors (Lipinski definition) is 1. The normalized spacial score (nSPS) is 16.1. The van der Waals surface area contributed by atoms with Gasteiger partial charge in [0, 0.05) is 37.4 Å². The summed E-state index contributed by atoms with van der Waals surface area (Å²) in [6, 6.07) is 7.48. The van der Waals surface area contributed by atoms with Gasteiger partial charge in [-0.15, -0.1) is 0 Å². The average Bonchev–Trinajstić information content (AvgIpc) is 2.61. The number of nitrogens with one attached hydrogen (secondary N) is 1. The number of amides is 1. The first-order valence-electron chi connectivity index (χ1n) is 8.05. The number of rotatable bonds is 5. The van der Waals surface area contributed by atoms with E-state index in [1.807, 2.05) is 38.1 Å². The second-order valence-corrected chi connectivity index (χ2v) is 5.59. The number of carbonyl (C=O) groups excluding carboxylic acids is 2. The lowest BCUT2D eigenvalue weighted by molar-refractivity contribution is 0.0954. The Kier molecular flexibility index (Phi) is 5.98. The zero-order valence-corrected chi connectivity index (χ0v) is 14.0. The Labute approximate surface area is 137 Å². The molecule has 1 aliphatic rings. The first-order chi connectivity index (χ1) is 11.1. The van der Waals surface area contributed by atoms with E-state index < -0.39 is 0 Å². The molecule has 0 aliphatic carbocycles. The summed E-state index contributed by atoms with van der Waals surface area (Å²) in [5.74, 6) is 0.0891. The fourth-order valence-electron chi connectivity index (χ4n) is 2.58. The smallest absolute Gasteiger partial charge is 0.409 e. The van der Waals surface area contributed by atoms with Crippen molar-refractivity contribution in [2.24, 2.45) is 0 Å². The maximum Gasteiger partial charge on any atom is 0.409 e. The summed E-state index contributed by atoms with van der Waals surface area (Å²) in [5, 5.41) is 2.96. The summed E-state index contributed by atoms with van der Waals surface area (Å²) in [6.07, 6.45) is -0.242. The summed E-state index contributed by atoms with van der Waals surface area (Å²) in [6.45, 7) is 6.89. The van der Waals surface area contributed by atoms with Gasteiger partial charge < -0.3 is 19.9 Å². The van der Waals surface area contributed by atoms with Gasteiger partial charge >= 0.3 is 6.09 Å². The average molecular weight is 319 g/mol. The molecule has 1 amide bonds. The summed E-state index contributed by atoms with van der Waals surface area (Å²) in [5.41, 5.74) is 1.78. The Balaban J connectivity index is 1.94. The predicted molar refractivity (Wildman–Crippen MR) is 90.1 cm³/mol. The molecule has 0 aromatic heterocycles. The molecule has 0 saturated carbocycles. The molecule has 0 bridgehead atoms. The molecule has 1 aromatic carbocycles. The lowest BCUT2D eigenvalue weighted by Gasteiger charge is -2.35. The van der Waals surface area contributed by atoms with Crippen LogP contribution in [0.2, 0.25) is 0 Å². The molecular formula is C17H25N3O3. The first kappa shape index (κ1) is 17.3. The molecule has 1 aliphatic heterocycles. The molecule has 1 atom stereocenters. The molecule has 0 spiro atoms. The largest absolute Gasteiger partial charge is 0.450 e. The monoisotopic (exact) mass is 319 g/mol. The fraction of sp³-hybridized carbons (Fsp3) is 0.529. The number of hydrogen-bond acceptors (Lipinski definition) is 5. The Morgan fingerprint density at radius 2 is 1.78 bits per heavy atom. The van der Waals surface area contributed by atoms with Gasteiger partial charge in [0.25, 0.3) is 0 Å². The number of carbonyl (C=O) groups is 2. The molecular weight excluding hydrogens is 294 g/mol. The molecule has 126 valence electrons. The van der Waals surface area contributed by atoms with Crippen LogP contribution in [0.4, 0.5) is 10.5 Å². The van der Waals surface area contributed by atoms with E-state index in [9.17, 15) is 9.59 Å². The highest BCUT2D eigenvalue weighted by Crippen LogP contribution is 2.18. The number of ketones is 1. The molecule has 1 N–H and O–H groups in total. The third kappa shape index (κ3) is 4.22. The van der Waals surface area contributed by atoms with Crippen molar-refractivity contribution in [1.82, 2.24) is 10.2 Å². The second-order valence-electron chi connectivity index (χ2n) is 5.59. The van der Waals surface area contributed by atoms with Crippen molar-refractivity contribution in [1.29, 1.82) is 0 Å². The van der Waals surface area contributed by atoms with Gasteiger partial charge in [0.15, 0.2) is 5.78 Å². The standard InChI is InChI=1S/C17H25N3O3/c1-4-23-17(22)20-11-9-19(10-12-20)15-7-5-14(6-8-15)16(21)13(2)18-3/h5-8,13,18H,4,9-12H2,1-3H3. The minimum Gasteiger partial charge on any atom is -0.450 e. The summed E-state index contributed by atoms with van der Waals surface area (Å²) in [4.78, 5) is 27.7. The molecule has 0 radical (unpaired) electrons. The van der Waals surface area contributed by atoms with Crippen LogP contribution in [0.5, 0.6) is 0 Å². The topological polar surface area (TPSA) is 61.9 Å². The highest BCUT2D eigenvalue weighted by atomic mass is 16.6. The summed E-state index contributed by atoms with van der Waals surface area (Å²) >= 11 is 0. The van der Waals surface area contributed by atoms with Crippen LogP contribution in [0.15, 0.2) is 24.3 Å². The molecule has 23 heavy (non-hydrogen) atoms. The number of ether oxygens (including phenoxy) is 1. The highest BCUT2D eigenvalue weighted by Gasteiger charge is 2.22. The molecule has 1 saturated heterocycles. The molecule has 2 rings (SSSR count). The number of likely N-dealkylation sites (N-methyl/N-ethyl adjacent to an activating group) is 1. The van der Waals surface area contributed by atoms with E-state index in [0.29, 0.717) is 25.3 Å². The lowest BCUT2D eigenvalue weighted by atomic mass is 10.0. The van der Waals surface area contributed by atoms with E-state index in [1.165, 1.54) is 0 Å². The van der Waals surface area contributed by atoms with Crippen LogP contribution in [0.1, 0.15) is 24.2 Å². The number of piperazine rings is 1. The number of anilines is 1. The van der Waals surface area contributed by atoms with Crippen LogP contribution in [0, 0.1) is 0 Å². The molecule has 1 unspecified atom stereocenters. The van der Waals surface area contributed by atoms with Crippen LogP contribution in [0.3, 0.4) is 0 Å². The Morgan fingerprint density at radius 1 is 1.17 bits per heavy atom. The van der Waals surface area contributed by atoms with Gasteiger partial charge in [-0.3, -0.25) is 4.79 Å². The number of benzene rings is 1. The maximum absolute atomic E-state index is 12.1. The van der Waals surface area contributed by atoms with Crippen molar-refractivity contribution >= 4 is 17.6 Å². The number of Topliss-reactive ketones (excluding diaryl/α,β-unsaturated/α-hetero) is 1. The van der Waals surface area contributed by atoms with Crippen LogP contribution in [-0.2, 0) is 4.74 Å². The van der Waals surface area contributed by atoms with E-state index in [2.05, 4.69) is 10.2 Å². The van der Waals surface area contributed by atoms with Gasteiger partial charge in [0.05, 0.1) is 12.6 Å². The van der Waals surface area contributed by atoms with Gasteiger partial charge in [-0.1, -0.05) is 0 Å². The van der Waals surface area contributed by atoms with Crippen molar-refractivity contribution in [3.05, 3.63) is 29.8 Å². The molecule has 1 aromatic rings. The van der Waals surface area contributed by atoms with Crippen LogP contribution in [0.25, 0.3) is 0 Å². The third-order valence-corrected chi connectivity index (χ3v) is 4.15. The minimum atomic E-state index is -0.242. The predicted octanol–water partition coefficient (Wildman–Crippen LogP) is 1.76. The Hall–Kier alpha value is -2.08. The molecule has 1 fully saturated rings. The van der Waals surface area contributed by atoms with Crippen molar-refractivity contribution in [3.8, 4) is 0 Å². The minimum absolute atomic E-state index is 0.0891. The fourth-order valence-corrected chi connectivity index (χ4v) is 2.58. The SMILES string of the molecule is CCOC(=O)N1CCN(c2ccc(C(=O)C(C)NC)cc2)CC1. The molecule has 6 heteroatoms. The van der Waals surface area contributed by atoms with Crippen molar-refractivity contribution in [2.45, 2.75) is 19.9 Å². The quantitative estimate of drug-likeness (QED) is 0.838. The summed E-state index contributed by atoms with van der Waals surface area (Å²) < 4.78 is 5.02. The lowest BCUT2D eigenvalue weighted by Crippen LogP contribution is -2.49. The second kappa shape index (κ2) is 7.97. The van der Waals surface area contributed by atoms with Gasteiger partial charge in [-0.2, -0.15) is 0 Å². The van der Waals surface area contributed by atoms with E-state index in [4.69, 9.17) is 4.74 Å². The zero-order valence-electron chi connectivity index (χ0n) is 14.0.